The second-order valence-electron chi connectivity index (χ2n) is 5.43. The summed E-state index contributed by atoms with van der Waals surface area (Å²) >= 11 is 0. The van der Waals surface area contributed by atoms with Gasteiger partial charge in [0.15, 0.2) is 0 Å². The second-order valence-corrected chi connectivity index (χ2v) is 5.43. The lowest BCUT2D eigenvalue weighted by Crippen LogP contribution is -2.15. The Hall–Kier alpha value is -1.77. The summed E-state index contributed by atoms with van der Waals surface area (Å²) in [5.74, 6) is 0.909. The molecule has 1 N–H and O–H groups in total. The molecule has 0 aliphatic heterocycles. The van der Waals surface area contributed by atoms with Gasteiger partial charge in [-0.3, -0.25) is 0 Å². The van der Waals surface area contributed by atoms with E-state index < -0.39 is 0 Å². The van der Waals surface area contributed by atoms with E-state index in [2.05, 4.69) is 41.6 Å². The van der Waals surface area contributed by atoms with Crippen molar-refractivity contribution in [2.24, 2.45) is 5.92 Å². The molecule has 2 unspecified atom stereocenters. The molecule has 1 saturated carbocycles. The molecule has 19 heavy (non-hydrogen) atoms. The van der Waals surface area contributed by atoms with Crippen molar-refractivity contribution in [1.82, 2.24) is 9.78 Å². The van der Waals surface area contributed by atoms with Crippen molar-refractivity contribution in [2.75, 3.05) is 5.32 Å². The normalized spacial score (nSPS) is 22.6. The van der Waals surface area contributed by atoms with Crippen LogP contribution in [-0.4, -0.2) is 15.8 Å². The van der Waals surface area contributed by atoms with Gasteiger partial charge in [-0.2, -0.15) is 5.10 Å². The molecule has 3 heteroatoms. The highest BCUT2D eigenvalue weighted by molar-refractivity contribution is 5.51. The van der Waals surface area contributed by atoms with Gasteiger partial charge in [0.1, 0.15) is 0 Å². The molecule has 0 bridgehead atoms. The van der Waals surface area contributed by atoms with Crippen LogP contribution in [0.4, 0.5) is 5.69 Å². The lowest BCUT2D eigenvalue weighted by molar-refractivity contribution is 0.525. The molecule has 2 aromatic rings. The van der Waals surface area contributed by atoms with Gasteiger partial charge in [-0.05, 0) is 49.4 Å². The van der Waals surface area contributed by atoms with E-state index in [1.165, 1.54) is 31.4 Å². The molecule has 1 heterocycles. The number of rotatable bonds is 4. The zero-order valence-electron chi connectivity index (χ0n) is 11.4. The van der Waals surface area contributed by atoms with E-state index in [0.717, 1.165) is 11.6 Å². The predicted octanol–water partition coefficient (Wildman–Crippen LogP) is 3.86. The second kappa shape index (κ2) is 5.47. The molecular weight excluding hydrogens is 234 g/mol. The van der Waals surface area contributed by atoms with Crippen molar-refractivity contribution in [3.8, 4) is 5.69 Å². The fourth-order valence-corrected chi connectivity index (χ4v) is 2.97. The number of nitrogens with zero attached hydrogens (tertiary/aromatic N) is 2. The third kappa shape index (κ3) is 2.80. The first-order valence-corrected chi connectivity index (χ1v) is 7.22. The van der Waals surface area contributed by atoms with Crippen LogP contribution in [0.1, 0.15) is 32.6 Å². The van der Waals surface area contributed by atoms with Crippen LogP contribution < -0.4 is 5.32 Å². The van der Waals surface area contributed by atoms with Crippen LogP contribution in [0.2, 0.25) is 0 Å². The van der Waals surface area contributed by atoms with E-state index in [0.29, 0.717) is 6.04 Å². The maximum atomic E-state index is 4.27. The number of anilines is 1. The lowest BCUT2D eigenvalue weighted by atomic mass is 10.1. The monoisotopic (exact) mass is 255 g/mol. The molecule has 100 valence electrons. The maximum absolute atomic E-state index is 4.27. The molecule has 0 spiro atoms. The Morgan fingerprint density at radius 2 is 2.26 bits per heavy atom. The Bertz CT molecular complexity index is 519. The van der Waals surface area contributed by atoms with E-state index in [9.17, 15) is 0 Å². The largest absolute Gasteiger partial charge is 0.382 e. The number of hydrogen-bond donors (Lipinski definition) is 1. The molecule has 3 rings (SSSR count). The molecule has 0 amide bonds. The van der Waals surface area contributed by atoms with E-state index in [1.807, 2.05) is 23.1 Å². The van der Waals surface area contributed by atoms with E-state index in [-0.39, 0.29) is 0 Å². The summed E-state index contributed by atoms with van der Waals surface area (Å²) in [6.45, 7) is 2.30. The Labute approximate surface area is 114 Å². The van der Waals surface area contributed by atoms with Gasteiger partial charge in [-0.25, -0.2) is 4.68 Å². The summed E-state index contributed by atoms with van der Waals surface area (Å²) in [5, 5.41) is 7.94. The number of benzene rings is 1. The van der Waals surface area contributed by atoms with Crippen molar-refractivity contribution < 1.29 is 0 Å². The first-order chi connectivity index (χ1) is 9.35. The van der Waals surface area contributed by atoms with Crippen LogP contribution in [0.25, 0.3) is 5.69 Å². The topological polar surface area (TPSA) is 29.9 Å². The van der Waals surface area contributed by atoms with Gasteiger partial charge in [-0.15, -0.1) is 0 Å². The third-order valence-electron chi connectivity index (χ3n) is 4.10. The SMILES string of the molecule is CCC1CCC(Nc2cccc(-n3cccn3)c2)C1. The van der Waals surface area contributed by atoms with Crippen molar-refractivity contribution in [1.29, 1.82) is 0 Å². The highest BCUT2D eigenvalue weighted by atomic mass is 15.3. The van der Waals surface area contributed by atoms with Crippen LogP contribution in [0, 0.1) is 5.92 Å². The van der Waals surface area contributed by atoms with E-state index >= 15 is 0 Å². The molecule has 1 aliphatic carbocycles. The molecule has 0 saturated heterocycles. The molecule has 3 nitrogen and oxygen atoms in total. The molecule has 1 aromatic carbocycles. The number of aromatic nitrogens is 2. The molecular formula is C16H21N3. The zero-order valence-corrected chi connectivity index (χ0v) is 11.4. The van der Waals surface area contributed by atoms with Crippen LogP contribution >= 0.6 is 0 Å². The first-order valence-electron chi connectivity index (χ1n) is 7.22. The average Bonchev–Trinajstić information content (AvgIpc) is 3.10. The summed E-state index contributed by atoms with van der Waals surface area (Å²) in [6.07, 6.45) is 9.07. The molecule has 1 aromatic heterocycles. The Morgan fingerprint density at radius 3 is 3.00 bits per heavy atom. The summed E-state index contributed by atoms with van der Waals surface area (Å²) < 4.78 is 1.90. The number of nitrogens with one attached hydrogen (secondary N) is 1. The minimum absolute atomic E-state index is 0.637. The fraction of sp³-hybridized carbons (Fsp3) is 0.438. The molecule has 1 aliphatic rings. The van der Waals surface area contributed by atoms with Crippen molar-refractivity contribution in [3.63, 3.8) is 0 Å². The Kier molecular flexibility index (Phi) is 3.53. The Morgan fingerprint density at radius 1 is 1.32 bits per heavy atom. The zero-order chi connectivity index (χ0) is 13.1. The summed E-state index contributed by atoms with van der Waals surface area (Å²) in [6, 6.07) is 11.1. The lowest BCUT2D eigenvalue weighted by Gasteiger charge is -2.15. The van der Waals surface area contributed by atoms with Crippen LogP contribution in [0.3, 0.4) is 0 Å². The van der Waals surface area contributed by atoms with Gasteiger partial charge in [0.05, 0.1) is 5.69 Å². The van der Waals surface area contributed by atoms with Crippen LogP contribution in [0.15, 0.2) is 42.7 Å². The van der Waals surface area contributed by atoms with Gasteiger partial charge >= 0.3 is 0 Å². The predicted molar refractivity (Wildman–Crippen MR) is 78.6 cm³/mol. The van der Waals surface area contributed by atoms with Crippen LogP contribution in [0.5, 0.6) is 0 Å². The van der Waals surface area contributed by atoms with E-state index in [4.69, 9.17) is 0 Å². The Balaban J connectivity index is 1.70. The summed E-state index contributed by atoms with van der Waals surface area (Å²) in [7, 11) is 0. The van der Waals surface area contributed by atoms with Crippen molar-refractivity contribution in [2.45, 2.75) is 38.6 Å². The maximum Gasteiger partial charge on any atom is 0.0666 e. The quantitative estimate of drug-likeness (QED) is 0.899. The fourth-order valence-electron chi connectivity index (χ4n) is 2.97. The van der Waals surface area contributed by atoms with E-state index in [1.54, 1.807) is 0 Å². The van der Waals surface area contributed by atoms with Gasteiger partial charge in [0, 0.05) is 24.1 Å². The van der Waals surface area contributed by atoms with Gasteiger partial charge < -0.3 is 5.32 Å². The minimum atomic E-state index is 0.637. The highest BCUT2D eigenvalue weighted by Crippen LogP contribution is 2.30. The molecule has 1 fully saturated rings. The third-order valence-corrected chi connectivity index (χ3v) is 4.10. The van der Waals surface area contributed by atoms with Gasteiger partial charge in [0.2, 0.25) is 0 Å². The smallest absolute Gasteiger partial charge is 0.0666 e. The minimum Gasteiger partial charge on any atom is -0.382 e. The van der Waals surface area contributed by atoms with Crippen LogP contribution in [-0.2, 0) is 0 Å². The molecule has 2 atom stereocenters. The average molecular weight is 255 g/mol. The van der Waals surface area contributed by atoms with Gasteiger partial charge in [-0.1, -0.05) is 19.4 Å². The van der Waals surface area contributed by atoms with Gasteiger partial charge in [0.25, 0.3) is 0 Å². The highest BCUT2D eigenvalue weighted by Gasteiger charge is 2.22. The summed E-state index contributed by atoms with van der Waals surface area (Å²) in [5.41, 5.74) is 2.31. The first kappa shape index (κ1) is 12.3. The standard InChI is InChI=1S/C16H21N3/c1-2-13-7-8-15(11-13)18-14-5-3-6-16(12-14)19-10-4-9-17-19/h3-6,9-10,12-13,15,18H,2,7-8,11H2,1H3. The van der Waals surface area contributed by atoms with Crippen molar-refractivity contribution >= 4 is 5.69 Å². The molecule has 0 radical (unpaired) electrons. The van der Waals surface area contributed by atoms with Crippen molar-refractivity contribution in [3.05, 3.63) is 42.7 Å². The number of hydrogen-bond acceptors (Lipinski definition) is 2. The summed E-state index contributed by atoms with van der Waals surface area (Å²) in [4.78, 5) is 0.